The predicted octanol–water partition coefficient (Wildman–Crippen LogP) is 3.12. The highest BCUT2D eigenvalue weighted by atomic mass is 35.5. The molecule has 0 unspecified atom stereocenters. The molecular weight excluding hydrogens is 347 g/mol. The molecule has 0 spiro atoms. The molecule has 2 rings (SSSR count). The summed E-state index contributed by atoms with van der Waals surface area (Å²) in [5.41, 5.74) is 0.464. The van der Waals surface area contributed by atoms with Gasteiger partial charge in [0.05, 0.1) is 21.7 Å². The topological polar surface area (TPSA) is 76.1 Å². The van der Waals surface area contributed by atoms with Gasteiger partial charge in [-0.15, -0.1) is 0 Å². The third-order valence-corrected chi connectivity index (χ3v) is 4.03. The van der Waals surface area contributed by atoms with Crippen molar-refractivity contribution in [1.82, 2.24) is 9.71 Å². The quantitative estimate of drug-likeness (QED) is 0.912. The molecule has 1 heterocycles. The van der Waals surface area contributed by atoms with Gasteiger partial charge in [0, 0.05) is 11.2 Å². The number of benzene rings is 1. The predicted molar refractivity (Wildman–Crippen MR) is 86.1 cm³/mol. The summed E-state index contributed by atoms with van der Waals surface area (Å²) in [4.78, 5) is 15.9. The normalized spacial score (nSPS) is 11.5. The van der Waals surface area contributed by atoms with E-state index in [0.29, 0.717) is 10.7 Å². The maximum atomic E-state index is 11.9. The van der Waals surface area contributed by atoms with Crippen LogP contribution in [0, 0.1) is 0 Å². The van der Waals surface area contributed by atoms with E-state index in [4.69, 9.17) is 23.2 Å². The van der Waals surface area contributed by atoms with Crippen molar-refractivity contribution in [2.24, 2.45) is 0 Å². The lowest BCUT2D eigenvalue weighted by Gasteiger charge is -2.05. The molecule has 0 aliphatic carbocycles. The second kappa shape index (κ2) is 6.91. The molecule has 0 atom stereocenters. The van der Waals surface area contributed by atoms with Gasteiger partial charge in [-0.1, -0.05) is 29.3 Å². The lowest BCUT2D eigenvalue weighted by molar-refractivity contribution is 0.0982. The van der Waals surface area contributed by atoms with E-state index in [2.05, 4.69) is 4.98 Å². The average Bonchev–Trinajstić information content (AvgIpc) is 2.45. The van der Waals surface area contributed by atoms with Gasteiger partial charge in [-0.05, 0) is 36.4 Å². The maximum absolute atomic E-state index is 11.9. The Morgan fingerprint density at radius 3 is 2.59 bits per heavy atom. The Labute approximate surface area is 137 Å². The molecule has 0 radical (unpaired) electrons. The molecule has 1 N–H and O–H groups in total. The number of pyridine rings is 1. The smallest absolute Gasteiger partial charge is 0.266 e. The number of sulfonamides is 1. The fourth-order valence-corrected chi connectivity index (χ4v) is 2.77. The van der Waals surface area contributed by atoms with Crippen LogP contribution >= 0.6 is 23.2 Å². The summed E-state index contributed by atoms with van der Waals surface area (Å²) < 4.78 is 25.6. The molecule has 114 valence electrons. The number of carbonyl (C=O) groups is 1. The molecule has 22 heavy (non-hydrogen) atoms. The van der Waals surface area contributed by atoms with Gasteiger partial charge in [0.15, 0.2) is 0 Å². The first kappa shape index (κ1) is 16.5. The molecule has 5 nitrogen and oxygen atoms in total. The molecule has 1 aromatic carbocycles. The lowest BCUT2D eigenvalue weighted by atomic mass is 10.2. The summed E-state index contributed by atoms with van der Waals surface area (Å²) in [5, 5.41) is 1.27. The first-order chi connectivity index (χ1) is 10.4. The highest BCUT2D eigenvalue weighted by Crippen LogP contribution is 2.21. The summed E-state index contributed by atoms with van der Waals surface area (Å²) in [6, 6.07) is 9.19. The number of halogens is 2. The molecule has 8 heteroatoms. The molecule has 0 fully saturated rings. The van der Waals surface area contributed by atoms with Crippen LogP contribution in [0.25, 0.3) is 6.08 Å². The third kappa shape index (κ3) is 4.56. The van der Waals surface area contributed by atoms with E-state index < -0.39 is 15.9 Å². The van der Waals surface area contributed by atoms with Crippen LogP contribution in [-0.2, 0) is 10.0 Å². The Hall–Kier alpha value is -1.89. The molecule has 0 saturated carbocycles. The lowest BCUT2D eigenvalue weighted by Crippen LogP contribution is -2.29. The number of amides is 1. The van der Waals surface area contributed by atoms with Crippen LogP contribution in [0.15, 0.2) is 48.0 Å². The van der Waals surface area contributed by atoms with Gasteiger partial charge in [0.2, 0.25) is 0 Å². The van der Waals surface area contributed by atoms with E-state index >= 15 is 0 Å². The van der Waals surface area contributed by atoms with Crippen LogP contribution in [0.5, 0.6) is 0 Å². The summed E-state index contributed by atoms with van der Waals surface area (Å²) in [6.45, 7) is 0. The summed E-state index contributed by atoms with van der Waals surface area (Å²) >= 11 is 11.6. The van der Waals surface area contributed by atoms with Crippen molar-refractivity contribution in [2.75, 3.05) is 0 Å². The number of carbonyl (C=O) groups excluding carboxylic acids is 1. The fraction of sp³-hybridized carbons (Fsp3) is 0. The second-order valence-electron chi connectivity index (χ2n) is 4.16. The van der Waals surface area contributed by atoms with Crippen molar-refractivity contribution in [3.63, 3.8) is 0 Å². The Morgan fingerprint density at radius 1 is 1.18 bits per heavy atom. The van der Waals surface area contributed by atoms with Crippen LogP contribution in [0.4, 0.5) is 0 Å². The molecule has 0 bridgehead atoms. The number of aromatic nitrogens is 1. The number of rotatable bonds is 4. The van der Waals surface area contributed by atoms with E-state index in [1.165, 1.54) is 30.5 Å². The van der Waals surface area contributed by atoms with Gasteiger partial charge in [-0.3, -0.25) is 9.78 Å². The molecule has 0 saturated heterocycles. The highest BCUT2D eigenvalue weighted by molar-refractivity contribution is 7.93. The molecule has 0 aliphatic rings. The molecule has 2 aromatic rings. The monoisotopic (exact) mass is 356 g/mol. The van der Waals surface area contributed by atoms with Gasteiger partial charge < -0.3 is 0 Å². The molecule has 0 aliphatic heterocycles. The number of hydrogen-bond donors (Lipinski definition) is 1. The van der Waals surface area contributed by atoms with Crippen LogP contribution in [0.3, 0.4) is 0 Å². The second-order valence-corrected chi connectivity index (χ2v) is 6.57. The Kier molecular flexibility index (Phi) is 5.18. The zero-order valence-corrected chi connectivity index (χ0v) is 13.4. The standard InChI is InChI=1S/C14H10Cl2N2O3S/c15-10-4-5-12(13(16)9-10)14(19)18-22(20,21)8-6-11-3-1-2-7-17-11/h1-9H,(H,18,19). The summed E-state index contributed by atoms with van der Waals surface area (Å²) in [5.74, 6) is -0.840. The Morgan fingerprint density at radius 2 is 1.95 bits per heavy atom. The zero-order chi connectivity index (χ0) is 16.2. The number of hydrogen-bond acceptors (Lipinski definition) is 4. The van der Waals surface area contributed by atoms with Crippen LogP contribution in [-0.4, -0.2) is 19.3 Å². The third-order valence-electron chi connectivity index (χ3n) is 2.52. The minimum absolute atomic E-state index is 0.0147. The number of nitrogens with zero attached hydrogens (tertiary/aromatic N) is 1. The van der Waals surface area contributed by atoms with Crippen LogP contribution < -0.4 is 4.72 Å². The fourth-order valence-electron chi connectivity index (χ4n) is 1.53. The highest BCUT2D eigenvalue weighted by Gasteiger charge is 2.16. The molecule has 1 aromatic heterocycles. The summed E-state index contributed by atoms with van der Waals surface area (Å²) in [6.07, 6.45) is 2.80. The van der Waals surface area contributed by atoms with Crippen molar-refractivity contribution in [1.29, 1.82) is 0 Å². The first-order valence-electron chi connectivity index (χ1n) is 5.99. The van der Waals surface area contributed by atoms with Crippen molar-refractivity contribution >= 4 is 45.2 Å². The van der Waals surface area contributed by atoms with E-state index in [1.54, 1.807) is 18.2 Å². The summed E-state index contributed by atoms with van der Waals surface area (Å²) in [7, 11) is -3.97. The van der Waals surface area contributed by atoms with Crippen LogP contribution in [0.1, 0.15) is 16.1 Å². The van der Waals surface area contributed by atoms with E-state index in [0.717, 1.165) is 5.41 Å². The number of nitrogens with one attached hydrogen (secondary N) is 1. The van der Waals surface area contributed by atoms with Crippen molar-refractivity contribution in [3.05, 3.63) is 69.3 Å². The van der Waals surface area contributed by atoms with Crippen molar-refractivity contribution in [3.8, 4) is 0 Å². The Balaban J connectivity index is 2.14. The maximum Gasteiger partial charge on any atom is 0.266 e. The van der Waals surface area contributed by atoms with Gasteiger partial charge in [-0.2, -0.15) is 0 Å². The zero-order valence-electron chi connectivity index (χ0n) is 11.0. The molecule has 1 amide bonds. The van der Waals surface area contributed by atoms with Crippen LogP contribution in [0.2, 0.25) is 10.0 Å². The van der Waals surface area contributed by atoms with Gasteiger partial charge >= 0.3 is 0 Å². The first-order valence-corrected chi connectivity index (χ1v) is 8.29. The van der Waals surface area contributed by atoms with E-state index in [9.17, 15) is 13.2 Å². The van der Waals surface area contributed by atoms with Crippen molar-refractivity contribution < 1.29 is 13.2 Å². The van der Waals surface area contributed by atoms with Crippen molar-refractivity contribution in [2.45, 2.75) is 0 Å². The minimum Gasteiger partial charge on any atom is -0.268 e. The SMILES string of the molecule is O=C(NS(=O)(=O)C=Cc1ccccn1)c1ccc(Cl)cc1Cl. The Bertz CT molecular complexity index is 821. The minimum atomic E-state index is -3.97. The van der Waals surface area contributed by atoms with E-state index in [-0.39, 0.29) is 10.6 Å². The largest absolute Gasteiger partial charge is 0.268 e. The van der Waals surface area contributed by atoms with Gasteiger partial charge in [-0.25, -0.2) is 13.1 Å². The van der Waals surface area contributed by atoms with E-state index in [1.807, 2.05) is 4.72 Å². The molecular formula is C14H10Cl2N2O3S. The van der Waals surface area contributed by atoms with Gasteiger partial charge in [0.25, 0.3) is 15.9 Å². The van der Waals surface area contributed by atoms with Gasteiger partial charge in [0.1, 0.15) is 0 Å². The average molecular weight is 357 g/mol.